The summed E-state index contributed by atoms with van der Waals surface area (Å²) in [5, 5.41) is 3.07. The zero-order valence-corrected chi connectivity index (χ0v) is 18.7. The van der Waals surface area contributed by atoms with Crippen LogP contribution in [0.4, 0.5) is 0 Å². The zero-order valence-electron chi connectivity index (χ0n) is 15.7. The summed E-state index contributed by atoms with van der Waals surface area (Å²) in [6.45, 7) is 0.777. The van der Waals surface area contributed by atoms with Gasteiger partial charge in [-0.3, -0.25) is 14.0 Å². The van der Waals surface area contributed by atoms with E-state index in [4.69, 9.17) is 0 Å². The summed E-state index contributed by atoms with van der Waals surface area (Å²) >= 11 is 3.94. The minimum Gasteiger partial charge on any atom is -0.335 e. The summed E-state index contributed by atoms with van der Waals surface area (Å²) in [4.78, 5) is 29.0. The van der Waals surface area contributed by atoms with Gasteiger partial charge in [-0.05, 0) is 47.4 Å². The van der Waals surface area contributed by atoms with Crippen molar-refractivity contribution in [2.24, 2.45) is 0 Å². The van der Waals surface area contributed by atoms with Gasteiger partial charge in [-0.1, -0.05) is 52.9 Å². The van der Waals surface area contributed by atoms with Crippen LogP contribution in [0.3, 0.4) is 0 Å². The quantitative estimate of drug-likeness (QED) is 0.278. The van der Waals surface area contributed by atoms with Crippen molar-refractivity contribution < 1.29 is 4.79 Å². The minimum atomic E-state index is -0.0927. The second kappa shape index (κ2) is 7.57. The average molecular weight is 514 g/mol. The first-order chi connectivity index (χ1) is 14.2. The largest absolute Gasteiger partial charge is 0.335 e. The molecule has 0 spiro atoms. The lowest BCUT2D eigenvalue weighted by molar-refractivity contribution is 0.0753. The predicted molar refractivity (Wildman–Crippen MR) is 127 cm³/mol. The first-order valence-electron chi connectivity index (χ1n) is 9.67. The summed E-state index contributed by atoms with van der Waals surface area (Å²) in [5.74, 6) is 0.0275. The maximum absolute atomic E-state index is 13.7. The van der Waals surface area contributed by atoms with Gasteiger partial charge < -0.3 is 4.90 Å². The van der Waals surface area contributed by atoms with Crippen LogP contribution in [0.2, 0.25) is 0 Å². The van der Waals surface area contributed by atoms with E-state index in [0.717, 1.165) is 45.0 Å². The molecule has 6 heteroatoms. The van der Waals surface area contributed by atoms with Crippen LogP contribution in [0.1, 0.15) is 23.2 Å². The Balaban J connectivity index is 1.82. The Labute approximate surface area is 185 Å². The van der Waals surface area contributed by atoms with E-state index >= 15 is 0 Å². The average Bonchev–Trinajstić information content (AvgIpc) is 3.43. The summed E-state index contributed by atoms with van der Waals surface area (Å²) in [7, 11) is 0. The lowest BCUT2D eigenvalue weighted by Gasteiger charge is -2.24. The number of carbonyl (C=O) groups excluding carboxylic acids is 1. The molecule has 5 rings (SSSR count). The third-order valence-electron chi connectivity index (χ3n) is 5.68. The highest BCUT2D eigenvalue weighted by Gasteiger charge is 2.30. The van der Waals surface area contributed by atoms with E-state index < -0.39 is 0 Å². The number of benzene rings is 1. The van der Waals surface area contributed by atoms with Crippen molar-refractivity contribution in [3.63, 3.8) is 0 Å². The summed E-state index contributed by atoms with van der Waals surface area (Å²) in [6.07, 6.45) is 3.87. The van der Waals surface area contributed by atoms with Crippen molar-refractivity contribution in [3.8, 4) is 11.1 Å². The molecule has 1 fully saturated rings. The lowest BCUT2D eigenvalue weighted by Crippen LogP contribution is -2.37. The summed E-state index contributed by atoms with van der Waals surface area (Å²) < 4.78 is 3.57. The number of hydrogen-bond acceptors (Lipinski definition) is 3. The van der Waals surface area contributed by atoms with Gasteiger partial charge >= 0.3 is 0 Å². The molecule has 29 heavy (non-hydrogen) atoms. The Bertz CT molecular complexity index is 1280. The van der Waals surface area contributed by atoms with Crippen molar-refractivity contribution in [1.82, 2.24) is 9.30 Å². The highest BCUT2D eigenvalue weighted by molar-refractivity contribution is 14.1. The van der Waals surface area contributed by atoms with Gasteiger partial charge in [0.25, 0.3) is 11.5 Å². The second-order valence-corrected chi connectivity index (χ2v) is 9.13. The first-order valence-corrected chi connectivity index (χ1v) is 12.1. The lowest BCUT2D eigenvalue weighted by atomic mass is 10.0. The minimum absolute atomic E-state index is 0.0275. The molecule has 1 aliphatic rings. The maximum atomic E-state index is 13.7. The van der Waals surface area contributed by atoms with Gasteiger partial charge in [-0.15, -0.1) is 11.3 Å². The molecule has 4 heterocycles. The van der Waals surface area contributed by atoms with Crippen molar-refractivity contribution in [2.45, 2.75) is 18.9 Å². The van der Waals surface area contributed by atoms with Gasteiger partial charge in [0.05, 0.1) is 15.8 Å². The number of amides is 1. The number of nitrogens with zero attached hydrogens (tertiary/aromatic N) is 2. The summed E-state index contributed by atoms with van der Waals surface area (Å²) in [5.41, 5.74) is 2.65. The van der Waals surface area contributed by atoms with Gasteiger partial charge in [0, 0.05) is 28.8 Å². The van der Waals surface area contributed by atoms with E-state index in [1.807, 2.05) is 58.8 Å². The monoisotopic (exact) mass is 514 g/mol. The number of likely N-dealkylation sites (tertiary alicyclic amines) is 1. The summed E-state index contributed by atoms with van der Waals surface area (Å²) in [6, 6.07) is 15.7. The highest BCUT2D eigenvalue weighted by atomic mass is 127. The van der Waals surface area contributed by atoms with Crippen LogP contribution >= 0.6 is 33.9 Å². The van der Waals surface area contributed by atoms with E-state index in [2.05, 4.69) is 22.6 Å². The Morgan fingerprint density at radius 1 is 1.17 bits per heavy atom. The van der Waals surface area contributed by atoms with E-state index in [1.165, 1.54) is 0 Å². The fraction of sp³-hybridized carbons (Fsp3) is 0.217. The molecule has 0 radical (unpaired) electrons. The van der Waals surface area contributed by atoms with Gasteiger partial charge in [-0.2, -0.15) is 0 Å². The molecule has 146 valence electrons. The van der Waals surface area contributed by atoms with Crippen LogP contribution in [-0.4, -0.2) is 32.2 Å². The SMILES string of the molecule is O=C(c1cc(-c2ccccc2)c(=O)n2ccc3ccsc3c12)N1CCCC1CI. The Morgan fingerprint density at radius 3 is 2.79 bits per heavy atom. The zero-order chi connectivity index (χ0) is 20.0. The van der Waals surface area contributed by atoms with E-state index in [9.17, 15) is 9.59 Å². The number of fused-ring (bicyclic) bond motifs is 3. The molecule has 0 bridgehead atoms. The Kier molecular flexibility index (Phi) is 4.91. The molecule has 0 saturated carbocycles. The molecule has 1 aromatic carbocycles. The number of aromatic nitrogens is 1. The fourth-order valence-electron chi connectivity index (χ4n) is 4.21. The van der Waals surface area contributed by atoms with Crippen LogP contribution in [0.5, 0.6) is 0 Å². The van der Waals surface area contributed by atoms with Gasteiger partial charge in [0.2, 0.25) is 0 Å². The third kappa shape index (κ3) is 3.09. The number of rotatable bonds is 3. The van der Waals surface area contributed by atoms with Crippen molar-refractivity contribution in [3.05, 3.63) is 76.0 Å². The first kappa shape index (κ1) is 18.8. The molecule has 4 nitrogen and oxygen atoms in total. The maximum Gasteiger partial charge on any atom is 0.263 e. The Hall–Kier alpha value is -2.19. The predicted octanol–water partition coefficient (Wildman–Crippen LogP) is 5.22. The van der Waals surface area contributed by atoms with Gasteiger partial charge in [-0.25, -0.2) is 0 Å². The van der Waals surface area contributed by atoms with Crippen LogP contribution in [0.25, 0.3) is 26.7 Å². The normalized spacial score (nSPS) is 16.7. The van der Waals surface area contributed by atoms with Crippen molar-refractivity contribution in [2.75, 3.05) is 11.0 Å². The number of alkyl halides is 1. The number of halogens is 1. The van der Waals surface area contributed by atoms with Crippen molar-refractivity contribution >= 4 is 55.4 Å². The number of hydrogen-bond donors (Lipinski definition) is 0. The molecule has 1 saturated heterocycles. The molecule has 0 aliphatic carbocycles. The van der Waals surface area contributed by atoms with Crippen LogP contribution in [0.15, 0.2) is 64.9 Å². The fourth-order valence-corrected chi connectivity index (χ4v) is 6.07. The molecular formula is C23H19IN2O2S. The van der Waals surface area contributed by atoms with Crippen molar-refractivity contribution in [1.29, 1.82) is 0 Å². The third-order valence-corrected chi connectivity index (χ3v) is 7.63. The highest BCUT2D eigenvalue weighted by Crippen LogP contribution is 2.31. The number of pyridine rings is 2. The van der Waals surface area contributed by atoms with Crippen LogP contribution in [-0.2, 0) is 0 Å². The smallest absolute Gasteiger partial charge is 0.263 e. The molecule has 1 unspecified atom stereocenters. The molecule has 0 N–H and O–H groups in total. The van der Waals surface area contributed by atoms with E-state index in [0.29, 0.717) is 11.1 Å². The topological polar surface area (TPSA) is 41.8 Å². The molecule has 1 amide bonds. The molecule has 4 aromatic rings. The molecular weight excluding hydrogens is 495 g/mol. The number of carbonyl (C=O) groups is 1. The second-order valence-electron chi connectivity index (χ2n) is 7.33. The van der Waals surface area contributed by atoms with Crippen LogP contribution < -0.4 is 5.56 Å². The van der Waals surface area contributed by atoms with Gasteiger partial charge in [0.1, 0.15) is 0 Å². The van der Waals surface area contributed by atoms with E-state index in [-0.39, 0.29) is 17.5 Å². The van der Waals surface area contributed by atoms with Gasteiger partial charge in [0.15, 0.2) is 0 Å². The molecule has 3 aromatic heterocycles. The van der Waals surface area contributed by atoms with E-state index in [1.54, 1.807) is 21.9 Å². The van der Waals surface area contributed by atoms with Crippen LogP contribution in [0, 0.1) is 0 Å². The molecule has 1 aliphatic heterocycles. The molecule has 1 atom stereocenters. The number of thiophene rings is 1. The standard InChI is InChI=1S/C23H19IN2O2S/c24-14-17-7-4-10-25(17)23(28)19-13-18(15-5-2-1-3-6-15)22(27)26-11-8-16-9-12-29-21(16)20(19)26/h1-3,5-6,8-9,11-13,17H,4,7,10,14H2. The Morgan fingerprint density at radius 2 is 2.00 bits per heavy atom.